The van der Waals surface area contributed by atoms with Crippen LogP contribution in [0.5, 0.6) is 5.75 Å². The Morgan fingerprint density at radius 2 is 2.05 bits per heavy atom. The van der Waals surface area contributed by atoms with Gasteiger partial charge in [0, 0.05) is 0 Å². The molecule has 2 aromatic heterocycles. The van der Waals surface area contributed by atoms with Crippen molar-refractivity contribution in [3.8, 4) is 5.75 Å². The van der Waals surface area contributed by atoms with Crippen LogP contribution in [-0.2, 0) is 0 Å². The van der Waals surface area contributed by atoms with Crippen LogP contribution in [0.4, 0.5) is 11.5 Å². The van der Waals surface area contributed by atoms with Crippen LogP contribution < -0.4 is 10.1 Å². The highest BCUT2D eigenvalue weighted by atomic mass is 32.1. The molecule has 4 nitrogen and oxygen atoms in total. The van der Waals surface area contributed by atoms with Gasteiger partial charge in [-0.1, -0.05) is 12.1 Å². The average molecular weight is 271 g/mol. The molecule has 1 aromatic carbocycles. The molecule has 5 heteroatoms. The van der Waals surface area contributed by atoms with Gasteiger partial charge in [-0.15, -0.1) is 11.3 Å². The van der Waals surface area contributed by atoms with Gasteiger partial charge in [0.2, 0.25) is 0 Å². The zero-order valence-corrected chi connectivity index (χ0v) is 11.5. The fourth-order valence-corrected chi connectivity index (χ4v) is 2.88. The Morgan fingerprint density at radius 3 is 2.89 bits per heavy atom. The molecule has 0 radical (unpaired) electrons. The number of fused-ring (bicyclic) bond motifs is 1. The van der Waals surface area contributed by atoms with Crippen molar-refractivity contribution in [1.82, 2.24) is 9.97 Å². The molecular formula is C14H13N3OS. The van der Waals surface area contributed by atoms with Gasteiger partial charge < -0.3 is 10.1 Å². The Bertz CT molecular complexity index is 724. The molecule has 96 valence electrons. The minimum atomic E-state index is 0.794. The Balaban J connectivity index is 2.08. The maximum Gasteiger partial charge on any atom is 0.142 e. The molecule has 3 aromatic rings. The second-order valence-corrected chi connectivity index (χ2v) is 5.00. The molecule has 0 aliphatic heterocycles. The summed E-state index contributed by atoms with van der Waals surface area (Å²) in [6, 6.07) is 7.79. The van der Waals surface area contributed by atoms with Gasteiger partial charge in [-0.25, -0.2) is 9.97 Å². The molecule has 2 heterocycles. The SMILES string of the molecule is COc1ccccc1Nc1ncnc2scc(C)c12. The fraction of sp³-hybridized carbons (Fsp3) is 0.143. The smallest absolute Gasteiger partial charge is 0.142 e. The summed E-state index contributed by atoms with van der Waals surface area (Å²) in [5.41, 5.74) is 2.08. The number of aromatic nitrogens is 2. The first-order valence-corrected chi connectivity index (χ1v) is 6.76. The van der Waals surface area contributed by atoms with E-state index in [4.69, 9.17) is 4.74 Å². The van der Waals surface area contributed by atoms with E-state index >= 15 is 0 Å². The van der Waals surface area contributed by atoms with E-state index in [1.165, 1.54) is 5.56 Å². The molecule has 0 atom stereocenters. The van der Waals surface area contributed by atoms with Crippen molar-refractivity contribution in [3.63, 3.8) is 0 Å². The van der Waals surface area contributed by atoms with E-state index in [0.717, 1.165) is 27.5 Å². The van der Waals surface area contributed by atoms with Gasteiger partial charge in [-0.2, -0.15) is 0 Å². The predicted molar refractivity (Wildman–Crippen MR) is 78.4 cm³/mol. The normalized spacial score (nSPS) is 10.6. The number of para-hydroxylation sites is 2. The van der Waals surface area contributed by atoms with Gasteiger partial charge in [-0.3, -0.25) is 0 Å². The lowest BCUT2D eigenvalue weighted by Gasteiger charge is -2.11. The van der Waals surface area contributed by atoms with Crippen LogP contribution in [0.1, 0.15) is 5.56 Å². The molecule has 0 saturated carbocycles. The third kappa shape index (κ3) is 2.13. The minimum Gasteiger partial charge on any atom is -0.495 e. The van der Waals surface area contributed by atoms with Gasteiger partial charge in [0.25, 0.3) is 0 Å². The highest BCUT2D eigenvalue weighted by Crippen LogP contribution is 2.32. The van der Waals surface area contributed by atoms with Crippen molar-refractivity contribution in [2.75, 3.05) is 12.4 Å². The van der Waals surface area contributed by atoms with Crippen molar-refractivity contribution in [3.05, 3.63) is 41.5 Å². The number of methoxy groups -OCH3 is 1. The highest BCUT2D eigenvalue weighted by Gasteiger charge is 2.10. The molecule has 0 amide bonds. The molecule has 0 aliphatic carbocycles. The number of benzene rings is 1. The Hall–Kier alpha value is -2.14. The quantitative estimate of drug-likeness (QED) is 0.788. The summed E-state index contributed by atoms with van der Waals surface area (Å²) in [5.74, 6) is 1.61. The molecule has 3 rings (SSSR count). The van der Waals surface area contributed by atoms with Crippen LogP contribution in [0.3, 0.4) is 0 Å². The number of nitrogens with zero attached hydrogens (tertiary/aromatic N) is 2. The summed E-state index contributed by atoms with van der Waals surface area (Å²) in [7, 11) is 1.66. The largest absolute Gasteiger partial charge is 0.495 e. The molecule has 0 spiro atoms. The number of nitrogens with one attached hydrogen (secondary N) is 1. The Kier molecular flexibility index (Phi) is 3.05. The Morgan fingerprint density at radius 1 is 1.21 bits per heavy atom. The van der Waals surface area contributed by atoms with E-state index in [1.807, 2.05) is 24.3 Å². The number of anilines is 2. The maximum absolute atomic E-state index is 5.34. The van der Waals surface area contributed by atoms with E-state index in [0.29, 0.717) is 0 Å². The number of hydrogen-bond donors (Lipinski definition) is 1. The molecule has 0 unspecified atom stereocenters. The van der Waals surface area contributed by atoms with Gasteiger partial charge in [0.05, 0.1) is 18.2 Å². The summed E-state index contributed by atoms with van der Waals surface area (Å²) in [6.45, 7) is 2.07. The summed E-state index contributed by atoms with van der Waals surface area (Å²) >= 11 is 1.63. The lowest BCUT2D eigenvalue weighted by atomic mass is 10.2. The fourth-order valence-electron chi connectivity index (χ4n) is 1.99. The third-order valence-electron chi connectivity index (χ3n) is 2.91. The van der Waals surface area contributed by atoms with E-state index in [2.05, 4.69) is 27.6 Å². The van der Waals surface area contributed by atoms with Gasteiger partial charge in [0.15, 0.2) is 0 Å². The molecule has 0 aliphatic rings. The molecule has 0 saturated heterocycles. The van der Waals surface area contributed by atoms with Crippen molar-refractivity contribution < 1.29 is 4.74 Å². The molecule has 0 bridgehead atoms. The third-order valence-corrected chi connectivity index (χ3v) is 3.92. The first-order chi connectivity index (χ1) is 9.29. The summed E-state index contributed by atoms with van der Waals surface area (Å²) < 4.78 is 5.34. The van der Waals surface area contributed by atoms with Crippen molar-refractivity contribution in [2.45, 2.75) is 6.92 Å². The van der Waals surface area contributed by atoms with E-state index in [1.54, 1.807) is 24.8 Å². The first kappa shape index (κ1) is 11.9. The van der Waals surface area contributed by atoms with Crippen LogP contribution in [0.15, 0.2) is 36.0 Å². The van der Waals surface area contributed by atoms with Crippen LogP contribution in [0.25, 0.3) is 10.2 Å². The molecule has 0 fully saturated rings. The summed E-state index contributed by atoms with van der Waals surface area (Å²) in [5, 5.41) is 6.48. The lowest BCUT2D eigenvalue weighted by Crippen LogP contribution is -1.97. The number of aryl methyl sites for hydroxylation is 1. The number of ether oxygens (including phenoxy) is 1. The lowest BCUT2D eigenvalue weighted by molar-refractivity contribution is 0.417. The number of rotatable bonds is 3. The monoisotopic (exact) mass is 271 g/mol. The Labute approximate surface area is 115 Å². The van der Waals surface area contributed by atoms with E-state index < -0.39 is 0 Å². The van der Waals surface area contributed by atoms with Gasteiger partial charge in [0.1, 0.15) is 22.7 Å². The first-order valence-electron chi connectivity index (χ1n) is 5.88. The predicted octanol–water partition coefficient (Wildman–Crippen LogP) is 3.75. The maximum atomic E-state index is 5.34. The van der Waals surface area contributed by atoms with Gasteiger partial charge >= 0.3 is 0 Å². The standard InChI is InChI=1S/C14H13N3OS/c1-9-7-19-14-12(9)13(15-8-16-14)17-10-5-3-4-6-11(10)18-2/h3-8H,1-2H3,(H,15,16,17). The second-order valence-electron chi connectivity index (χ2n) is 4.15. The van der Waals surface area contributed by atoms with Crippen molar-refractivity contribution in [1.29, 1.82) is 0 Å². The average Bonchev–Trinajstić information content (AvgIpc) is 2.82. The molecule has 19 heavy (non-hydrogen) atoms. The minimum absolute atomic E-state index is 0.794. The zero-order valence-electron chi connectivity index (χ0n) is 10.7. The highest BCUT2D eigenvalue weighted by molar-refractivity contribution is 7.17. The number of thiophene rings is 1. The summed E-state index contributed by atoms with van der Waals surface area (Å²) in [4.78, 5) is 9.61. The zero-order chi connectivity index (χ0) is 13.2. The van der Waals surface area contributed by atoms with E-state index in [-0.39, 0.29) is 0 Å². The van der Waals surface area contributed by atoms with Crippen LogP contribution in [-0.4, -0.2) is 17.1 Å². The topological polar surface area (TPSA) is 47.0 Å². The number of hydrogen-bond acceptors (Lipinski definition) is 5. The second kappa shape index (κ2) is 4.85. The molecule has 1 N–H and O–H groups in total. The van der Waals surface area contributed by atoms with Gasteiger partial charge in [-0.05, 0) is 30.0 Å². The van der Waals surface area contributed by atoms with E-state index in [9.17, 15) is 0 Å². The van der Waals surface area contributed by atoms with Crippen molar-refractivity contribution >= 4 is 33.1 Å². The summed E-state index contributed by atoms with van der Waals surface area (Å²) in [6.07, 6.45) is 1.58. The van der Waals surface area contributed by atoms with Crippen LogP contribution in [0, 0.1) is 6.92 Å². The van der Waals surface area contributed by atoms with Crippen molar-refractivity contribution in [2.24, 2.45) is 0 Å². The van der Waals surface area contributed by atoms with Crippen LogP contribution >= 0.6 is 11.3 Å². The molecular weight excluding hydrogens is 258 g/mol. The van der Waals surface area contributed by atoms with Crippen LogP contribution in [0.2, 0.25) is 0 Å².